The quantitative estimate of drug-likeness (QED) is 0.484. The van der Waals surface area contributed by atoms with Gasteiger partial charge in [-0.3, -0.25) is 14.6 Å². The van der Waals surface area contributed by atoms with Crippen LogP contribution in [0, 0.1) is 0 Å². The number of amides is 2. The van der Waals surface area contributed by atoms with Gasteiger partial charge < -0.3 is 15.2 Å². The van der Waals surface area contributed by atoms with E-state index in [1.54, 1.807) is 0 Å². The molecule has 1 aromatic heterocycles. The summed E-state index contributed by atoms with van der Waals surface area (Å²) in [5.41, 5.74) is 0.695. The molecule has 0 unspecified atom stereocenters. The molecular formula is C19H23N3O6S. The third kappa shape index (κ3) is 6.63. The Labute approximate surface area is 169 Å². The largest absolute Gasteiger partial charge is 0.390 e. The molecule has 10 heteroatoms. The highest BCUT2D eigenvalue weighted by Gasteiger charge is 2.19. The highest BCUT2D eigenvalue weighted by Crippen LogP contribution is 2.12. The molecule has 0 saturated heterocycles. The molecule has 2 rings (SSSR count). The summed E-state index contributed by atoms with van der Waals surface area (Å²) >= 11 is 0. The molecule has 0 saturated carbocycles. The summed E-state index contributed by atoms with van der Waals surface area (Å²) in [6.45, 7) is 3.21. The van der Waals surface area contributed by atoms with Gasteiger partial charge in [-0.25, -0.2) is 13.1 Å². The minimum atomic E-state index is -4.12. The van der Waals surface area contributed by atoms with Crippen molar-refractivity contribution in [1.29, 1.82) is 0 Å². The van der Waals surface area contributed by atoms with Crippen molar-refractivity contribution in [3.05, 3.63) is 59.4 Å². The molecule has 0 fully saturated rings. The number of benzene rings is 1. The van der Waals surface area contributed by atoms with Crippen LogP contribution in [0.2, 0.25) is 0 Å². The maximum atomic E-state index is 12.4. The average Bonchev–Trinajstić information content (AvgIpc) is 2.73. The molecule has 1 heterocycles. The predicted molar refractivity (Wildman–Crippen MR) is 105 cm³/mol. The van der Waals surface area contributed by atoms with Crippen molar-refractivity contribution in [3.8, 4) is 0 Å². The number of aliphatic hydroxyl groups is 1. The van der Waals surface area contributed by atoms with Crippen LogP contribution >= 0.6 is 0 Å². The van der Waals surface area contributed by atoms with Crippen molar-refractivity contribution in [2.24, 2.45) is 0 Å². The van der Waals surface area contributed by atoms with Crippen LogP contribution in [0.3, 0.4) is 0 Å². The van der Waals surface area contributed by atoms with Gasteiger partial charge in [-0.2, -0.15) is 0 Å². The fraction of sp³-hybridized carbons (Fsp3) is 0.316. The summed E-state index contributed by atoms with van der Waals surface area (Å²) in [6, 6.07) is 8.02. The number of aliphatic hydroxyl groups excluding tert-OH is 1. The molecule has 1 aromatic carbocycles. The molecule has 0 aliphatic heterocycles. The topological polar surface area (TPSA) is 135 Å². The molecule has 0 bridgehead atoms. The molecular weight excluding hydrogens is 398 g/mol. The Morgan fingerprint density at radius 2 is 1.76 bits per heavy atom. The van der Waals surface area contributed by atoms with E-state index in [1.165, 1.54) is 42.6 Å². The van der Waals surface area contributed by atoms with Crippen LogP contribution in [0.25, 0.3) is 0 Å². The predicted octanol–water partition coefficient (Wildman–Crippen LogP) is 0.849. The van der Waals surface area contributed by atoms with Gasteiger partial charge in [0.25, 0.3) is 21.8 Å². The maximum Gasteiger partial charge on any atom is 0.266 e. The lowest BCUT2D eigenvalue weighted by atomic mass is 10.2. The van der Waals surface area contributed by atoms with E-state index in [4.69, 9.17) is 9.84 Å². The number of hydrogen-bond acceptors (Lipinski definition) is 7. The number of nitrogens with one attached hydrogen (secondary N) is 2. The zero-order chi connectivity index (χ0) is 21.3. The molecule has 0 radical (unpaired) electrons. The first-order valence-electron chi connectivity index (χ1n) is 8.96. The van der Waals surface area contributed by atoms with E-state index in [1.807, 2.05) is 11.6 Å². The van der Waals surface area contributed by atoms with Gasteiger partial charge in [-0.15, -0.1) is 0 Å². The minimum Gasteiger partial charge on any atom is -0.390 e. The Hall–Kier alpha value is -2.82. The van der Waals surface area contributed by atoms with Crippen molar-refractivity contribution in [3.63, 3.8) is 0 Å². The SMILES string of the molecule is CCOCCCNC(=O)c1ccc(S(=O)(=O)NC(=O)c2ccc(CO)nc2)cc1. The standard InChI is InChI=1S/C19H23N3O6S/c1-2-28-11-3-10-20-18(24)14-5-8-17(9-6-14)29(26,27)22-19(25)15-4-7-16(13-23)21-12-15/h4-9,12,23H,2-3,10-11,13H2,1H3,(H,20,24)(H,22,25). The lowest BCUT2D eigenvalue weighted by Crippen LogP contribution is -2.31. The van der Waals surface area contributed by atoms with Gasteiger partial charge in [0.05, 0.1) is 22.8 Å². The molecule has 0 atom stereocenters. The van der Waals surface area contributed by atoms with Gasteiger partial charge in [-0.05, 0) is 49.7 Å². The monoisotopic (exact) mass is 421 g/mol. The second-order valence-electron chi connectivity index (χ2n) is 5.96. The van der Waals surface area contributed by atoms with Gasteiger partial charge in [0, 0.05) is 31.5 Å². The molecule has 29 heavy (non-hydrogen) atoms. The van der Waals surface area contributed by atoms with Crippen LogP contribution < -0.4 is 10.0 Å². The summed E-state index contributed by atoms with van der Waals surface area (Å²) < 4.78 is 31.9. The fourth-order valence-corrected chi connectivity index (χ4v) is 3.27. The zero-order valence-electron chi connectivity index (χ0n) is 15.9. The smallest absolute Gasteiger partial charge is 0.266 e. The molecule has 2 aromatic rings. The van der Waals surface area contributed by atoms with E-state index >= 15 is 0 Å². The van der Waals surface area contributed by atoms with Crippen molar-refractivity contribution >= 4 is 21.8 Å². The second kappa shape index (κ2) is 10.6. The Balaban J connectivity index is 1.98. The highest BCUT2D eigenvalue weighted by atomic mass is 32.2. The Morgan fingerprint density at radius 1 is 1.07 bits per heavy atom. The Morgan fingerprint density at radius 3 is 2.34 bits per heavy atom. The van der Waals surface area contributed by atoms with Gasteiger partial charge in [-0.1, -0.05) is 0 Å². The van der Waals surface area contributed by atoms with Crippen LogP contribution in [0.5, 0.6) is 0 Å². The number of carbonyl (C=O) groups is 2. The first-order valence-corrected chi connectivity index (χ1v) is 10.4. The zero-order valence-corrected chi connectivity index (χ0v) is 16.7. The number of aromatic nitrogens is 1. The van der Waals surface area contributed by atoms with E-state index in [0.29, 0.717) is 37.4 Å². The van der Waals surface area contributed by atoms with E-state index in [9.17, 15) is 18.0 Å². The molecule has 0 spiro atoms. The van der Waals surface area contributed by atoms with Gasteiger partial charge in [0.15, 0.2) is 0 Å². The molecule has 0 aliphatic rings. The summed E-state index contributed by atoms with van der Waals surface area (Å²) in [5, 5.41) is 11.7. The van der Waals surface area contributed by atoms with E-state index in [2.05, 4.69) is 10.3 Å². The van der Waals surface area contributed by atoms with E-state index in [-0.39, 0.29) is 23.0 Å². The van der Waals surface area contributed by atoms with Crippen LogP contribution in [-0.2, 0) is 21.4 Å². The third-order valence-corrected chi connectivity index (χ3v) is 5.20. The van der Waals surface area contributed by atoms with Crippen LogP contribution in [-0.4, -0.2) is 50.1 Å². The lowest BCUT2D eigenvalue weighted by Gasteiger charge is -2.09. The highest BCUT2D eigenvalue weighted by molar-refractivity contribution is 7.90. The number of pyridine rings is 1. The van der Waals surface area contributed by atoms with Gasteiger partial charge >= 0.3 is 0 Å². The Bertz CT molecular complexity index is 927. The summed E-state index contributed by atoms with van der Waals surface area (Å²) in [5.74, 6) is -1.18. The third-order valence-electron chi connectivity index (χ3n) is 3.86. The molecule has 9 nitrogen and oxygen atoms in total. The number of sulfonamides is 1. The number of nitrogens with zero attached hydrogens (tertiary/aromatic N) is 1. The second-order valence-corrected chi connectivity index (χ2v) is 7.64. The molecule has 3 N–H and O–H groups in total. The Kier molecular flexibility index (Phi) is 8.25. The normalized spacial score (nSPS) is 11.1. The van der Waals surface area contributed by atoms with Crippen LogP contribution in [0.15, 0.2) is 47.5 Å². The maximum absolute atomic E-state index is 12.4. The van der Waals surface area contributed by atoms with Crippen molar-refractivity contribution in [2.75, 3.05) is 19.8 Å². The average molecular weight is 421 g/mol. The van der Waals surface area contributed by atoms with Gasteiger partial charge in [0.1, 0.15) is 0 Å². The van der Waals surface area contributed by atoms with Crippen LogP contribution in [0.1, 0.15) is 39.8 Å². The first kappa shape index (κ1) is 22.5. The van der Waals surface area contributed by atoms with Crippen molar-refractivity contribution < 1.29 is 27.9 Å². The van der Waals surface area contributed by atoms with Crippen molar-refractivity contribution in [1.82, 2.24) is 15.0 Å². The van der Waals surface area contributed by atoms with Crippen molar-refractivity contribution in [2.45, 2.75) is 24.8 Å². The lowest BCUT2D eigenvalue weighted by molar-refractivity contribution is 0.0942. The van der Waals surface area contributed by atoms with E-state index in [0.717, 1.165) is 0 Å². The first-order chi connectivity index (χ1) is 13.9. The molecule has 156 valence electrons. The van der Waals surface area contributed by atoms with Crippen LogP contribution in [0.4, 0.5) is 0 Å². The van der Waals surface area contributed by atoms with Gasteiger partial charge in [0.2, 0.25) is 0 Å². The summed E-state index contributed by atoms with van der Waals surface area (Å²) in [6.07, 6.45) is 1.85. The fourth-order valence-electron chi connectivity index (χ4n) is 2.30. The van der Waals surface area contributed by atoms with E-state index < -0.39 is 15.9 Å². The number of carbonyl (C=O) groups excluding carboxylic acids is 2. The molecule has 0 aliphatic carbocycles. The summed E-state index contributed by atoms with van der Waals surface area (Å²) in [4.78, 5) is 27.9. The number of rotatable bonds is 10. The number of hydrogen-bond donors (Lipinski definition) is 3. The minimum absolute atomic E-state index is 0.0359. The summed E-state index contributed by atoms with van der Waals surface area (Å²) in [7, 11) is -4.12. The number of ether oxygens (including phenoxy) is 1. The molecule has 2 amide bonds.